The van der Waals surface area contributed by atoms with Gasteiger partial charge in [0.1, 0.15) is 12.4 Å². The minimum Gasteiger partial charge on any atom is -0.480 e. The molecule has 0 bridgehead atoms. The fourth-order valence-corrected chi connectivity index (χ4v) is 2.18. The highest BCUT2D eigenvalue weighted by Gasteiger charge is 2.21. The number of carboxylic acids is 1. The van der Waals surface area contributed by atoms with Crippen molar-refractivity contribution in [1.82, 2.24) is 20.1 Å². The average Bonchev–Trinajstić information content (AvgIpc) is 2.92. The Bertz CT molecular complexity index is 692. The Balaban J connectivity index is 2.09. The monoisotopic (exact) mass is 316 g/mol. The zero-order valence-corrected chi connectivity index (χ0v) is 13.4. The van der Waals surface area contributed by atoms with E-state index in [4.69, 9.17) is 0 Å². The van der Waals surface area contributed by atoms with Crippen LogP contribution in [0.1, 0.15) is 30.6 Å². The summed E-state index contributed by atoms with van der Waals surface area (Å²) in [6, 6.07) is 5.86. The zero-order valence-electron chi connectivity index (χ0n) is 13.4. The van der Waals surface area contributed by atoms with Crippen LogP contribution < -0.4 is 5.32 Å². The normalized spacial score (nSPS) is 12.2. The molecule has 1 aromatic heterocycles. The Kier molecular flexibility index (Phi) is 5.10. The fourth-order valence-electron chi connectivity index (χ4n) is 2.18. The summed E-state index contributed by atoms with van der Waals surface area (Å²) >= 11 is 0. The van der Waals surface area contributed by atoms with Gasteiger partial charge in [0.05, 0.1) is 0 Å². The molecular formula is C16H20N4O3. The second kappa shape index (κ2) is 7.04. The molecule has 0 unspecified atom stereocenters. The first-order valence-electron chi connectivity index (χ1n) is 7.36. The third-order valence-electron chi connectivity index (χ3n) is 3.32. The summed E-state index contributed by atoms with van der Waals surface area (Å²) in [7, 11) is 1.78. The predicted molar refractivity (Wildman–Crippen MR) is 84.8 cm³/mol. The Morgan fingerprint density at radius 2 is 1.91 bits per heavy atom. The Labute approximate surface area is 134 Å². The van der Waals surface area contributed by atoms with Crippen molar-refractivity contribution in [2.75, 3.05) is 0 Å². The van der Waals surface area contributed by atoms with Crippen molar-refractivity contribution in [3.8, 4) is 11.4 Å². The Hall–Kier alpha value is -2.70. The third kappa shape index (κ3) is 4.38. The first-order valence-corrected chi connectivity index (χ1v) is 7.36. The molecule has 0 saturated heterocycles. The van der Waals surface area contributed by atoms with Crippen LogP contribution in [-0.2, 0) is 11.8 Å². The maximum absolute atomic E-state index is 12.2. The highest BCUT2D eigenvalue weighted by molar-refractivity contribution is 5.96. The van der Waals surface area contributed by atoms with Crippen LogP contribution in [-0.4, -0.2) is 37.8 Å². The van der Waals surface area contributed by atoms with Crippen molar-refractivity contribution in [1.29, 1.82) is 0 Å². The summed E-state index contributed by atoms with van der Waals surface area (Å²) in [5.41, 5.74) is 1.19. The lowest BCUT2D eigenvalue weighted by Gasteiger charge is -2.16. The molecule has 0 aliphatic carbocycles. The lowest BCUT2D eigenvalue weighted by molar-refractivity contribution is -0.139. The summed E-state index contributed by atoms with van der Waals surface area (Å²) in [6.07, 6.45) is 1.98. The first-order chi connectivity index (χ1) is 10.9. The van der Waals surface area contributed by atoms with E-state index in [2.05, 4.69) is 15.4 Å². The molecule has 0 aliphatic heterocycles. The standard InChI is InChI=1S/C16H20N4O3/c1-10(2)8-13(16(22)23)18-15(21)12-6-4-11(5-7-12)14-17-9-20(3)19-14/h4-7,9-10,13H,8H2,1-3H3,(H,18,21)(H,22,23)/t13-/m0/s1. The smallest absolute Gasteiger partial charge is 0.326 e. The van der Waals surface area contributed by atoms with Crippen molar-refractivity contribution in [3.63, 3.8) is 0 Å². The number of benzene rings is 1. The van der Waals surface area contributed by atoms with E-state index in [-0.39, 0.29) is 5.92 Å². The topological polar surface area (TPSA) is 97.1 Å². The molecule has 122 valence electrons. The summed E-state index contributed by atoms with van der Waals surface area (Å²) in [6.45, 7) is 3.83. The molecule has 2 rings (SSSR count). The molecule has 0 aliphatic rings. The molecule has 1 amide bonds. The molecule has 0 fully saturated rings. The molecule has 0 radical (unpaired) electrons. The van der Waals surface area contributed by atoms with Gasteiger partial charge in [-0.25, -0.2) is 9.78 Å². The number of rotatable bonds is 6. The number of hydrogen-bond acceptors (Lipinski definition) is 4. The molecule has 23 heavy (non-hydrogen) atoms. The number of amides is 1. The van der Waals surface area contributed by atoms with E-state index in [0.29, 0.717) is 17.8 Å². The van der Waals surface area contributed by atoms with Gasteiger partial charge in [0.15, 0.2) is 5.82 Å². The van der Waals surface area contributed by atoms with Gasteiger partial charge in [-0.05, 0) is 24.5 Å². The molecular weight excluding hydrogens is 296 g/mol. The van der Waals surface area contributed by atoms with E-state index in [9.17, 15) is 14.7 Å². The molecule has 1 aromatic carbocycles. The van der Waals surface area contributed by atoms with Crippen LogP contribution in [0.4, 0.5) is 0 Å². The van der Waals surface area contributed by atoms with Crippen LogP contribution in [0.3, 0.4) is 0 Å². The van der Waals surface area contributed by atoms with Gasteiger partial charge in [0.2, 0.25) is 0 Å². The van der Waals surface area contributed by atoms with Crippen molar-refractivity contribution in [3.05, 3.63) is 36.2 Å². The number of aliphatic carboxylic acids is 1. The molecule has 0 spiro atoms. The van der Waals surface area contributed by atoms with Crippen LogP contribution in [0, 0.1) is 5.92 Å². The Morgan fingerprint density at radius 1 is 1.26 bits per heavy atom. The van der Waals surface area contributed by atoms with Crippen LogP contribution in [0.2, 0.25) is 0 Å². The van der Waals surface area contributed by atoms with Gasteiger partial charge in [0.25, 0.3) is 5.91 Å². The van der Waals surface area contributed by atoms with E-state index < -0.39 is 17.9 Å². The molecule has 0 saturated carbocycles. The summed E-state index contributed by atoms with van der Waals surface area (Å²) in [5.74, 6) is -0.684. The second-order valence-corrected chi connectivity index (χ2v) is 5.81. The summed E-state index contributed by atoms with van der Waals surface area (Å²) in [4.78, 5) is 27.5. The van der Waals surface area contributed by atoms with Crippen molar-refractivity contribution in [2.45, 2.75) is 26.3 Å². The summed E-state index contributed by atoms with van der Waals surface area (Å²) in [5, 5.41) is 15.9. The maximum atomic E-state index is 12.2. The number of aromatic nitrogens is 3. The van der Waals surface area contributed by atoms with Gasteiger partial charge < -0.3 is 10.4 Å². The lowest BCUT2D eigenvalue weighted by atomic mass is 10.0. The maximum Gasteiger partial charge on any atom is 0.326 e. The van der Waals surface area contributed by atoms with Crippen LogP contribution in [0.15, 0.2) is 30.6 Å². The number of hydrogen-bond donors (Lipinski definition) is 2. The highest BCUT2D eigenvalue weighted by atomic mass is 16.4. The predicted octanol–water partition coefficient (Wildman–Crippen LogP) is 1.71. The quantitative estimate of drug-likeness (QED) is 0.845. The van der Waals surface area contributed by atoms with E-state index in [1.165, 1.54) is 0 Å². The number of carbonyl (C=O) groups excluding carboxylic acids is 1. The number of nitrogens with one attached hydrogen (secondary N) is 1. The molecule has 2 aromatic rings. The van der Waals surface area contributed by atoms with Crippen LogP contribution in [0.25, 0.3) is 11.4 Å². The fraction of sp³-hybridized carbons (Fsp3) is 0.375. The van der Waals surface area contributed by atoms with Gasteiger partial charge in [-0.2, -0.15) is 5.10 Å². The highest BCUT2D eigenvalue weighted by Crippen LogP contribution is 2.15. The zero-order chi connectivity index (χ0) is 17.0. The number of carbonyl (C=O) groups is 2. The number of carboxylic acid groups (broad SMARTS) is 1. The SMILES string of the molecule is CC(C)C[C@H](NC(=O)c1ccc(-c2ncn(C)n2)cc1)C(=O)O. The molecule has 7 nitrogen and oxygen atoms in total. The van der Waals surface area contributed by atoms with Gasteiger partial charge in [-0.15, -0.1) is 0 Å². The van der Waals surface area contributed by atoms with Gasteiger partial charge >= 0.3 is 5.97 Å². The minimum absolute atomic E-state index is 0.175. The van der Waals surface area contributed by atoms with E-state index >= 15 is 0 Å². The molecule has 1 atom stereocenters. The molecule has 2 N–H and O–H groups in total. The van der Waals surface area contributed by atoms with Gasteiger partial charge in [-0.1, -0.05) is 26.0 Å². The van der Waals surface area contributed by atoms with Crippen molar-refractivity contribution < 1.29 is 14.7 Å². The summed E-state index contributed by atoms with van der Waals surface area (Å²) < 4.78 is 1.60. The lowest BCUT2D eigenvalue weighted by Crippen LogP contribution is -2.41. The van der Waals surface area contributed by atoms with E-state index in [1.54, 1.807) is 42.3 Å². The number of nitrogens with zero attached hydrogens (tertiary/aromatic N) is 3. The van der Waals surface area contributed by atoms with Crippen LogP contribution >= 0.6 is 0 Å². The third-order valence-corrected chi connectivity index (χ3v) is 3.32. The van der Waals surface area contributed by atoms with Gasteiger partial charge in [-0.3, -0.25) is 9.48 Å². The van der Waals surface area contributed by atoms with Gasteiger partial charge in [0, 0.05) is 18.2 Å². The first kappa shape index (κ1) is 16.7. The van der Waals surface area contributed by atoms with Crippen molar-refractivity contribution in [2.24, 2.45) is 13.0 Å². The van der Waals surface area contributed by atoms with Crippen LogP contribution in [0.5, 0.6) is 0 Å². The Morgan fingerprint density at radius 3 is 2.39 bits per heavy atom. The van der Waals surface area contributed by atoms with E-state index in [0.717, 1.165) is 5.56 Å². The van der Waals surface area contributed by atoms with E-state index in [1.807, 2.05) is 13.8 Å². The largest absolute Gasteiger partial charge is 0.480 e. The minimum atomic E-state index is -1.03. The average molecular weight is 316 g/mol. The van der Waals surface area contributed by atoms with Crippen molar-refractivity contribution >= 4 is 11.9 Å². The second-order valence-electron chi connectivity index (χ2n) is 5.81. The number of aryl methyl sites for hydroxylation is 1. The molecule has 1 heterocycles. The molecule has 7 heteroatoms.